The molecule has 5 nitrogen and oxygen atoms in total. The summed E-state index contributed by atoms with van der Waals surface area (Å²) in [5.74, 6) is 0. The molecule has 7 aromatic rings. The van der Waals surface area contributed by atoms with Crippen molar-refractivity contribution < 1.29 is 0 Å². The fourth-order valence-electron chi connectivity index (χ4n) is 7.60. The quantitative estimate of drug-likeness (QED) is 0.138. The minimum atomic E-state index is 0.841. The summed E-state index contributed by atoms with van der Waals surface area (Å²) in [4.78, 5) is 13.8. The molecular formula is C51H43N5. The van der Waals surface area contributed by atoms with Gasteiger partial charge in [0.1, 0.15) is 0 Å². The minimum absolute atomic E-state index is 0.841. The van der Waals surface area contributed by atoms with Crippen LogP contribution < -0.4 is 19.6 Å². The topological polar surface area (TPSA) is 25.9 Å². The molecule has 0 amide bonds. The number of benzene rings is 6. The third-order valence-corrected chi connectivity index (χ3v) is 10.6. The van der Waals surface area contributed by atoms with Gasteiger partial charge in [0, 0.05) is 37.2 Å². The standard InChI is InChI=1S/C51H43N5/c1-53-36-55(50-12-5-3-10-48(50)53)45-28-22-39(23-29-45)15-18-42-33-41(17-14-38-20-26-44(27-21-38)47-9-7-8-32-52-47)34-43(35-42)19-16-40-24-30-46(31-25-40)56-37-54(2)49-11-4-6-13-51(49)56/h3-35H,36-37H2,1-2H3/b17-14-,18-15-,19-16?. The second kappa shape index (κ2) is 15.3. The van der Waals surface area contributed by atoms with Gasteiger partial charge in [-0.05, 0) is 112 Å². The highest BCUT2D eigenvalue weighted by Gasteiger charge is 2.24. The number of nitrogens with zero attached hydrogens (tertiary/aromatic N) is 5. The predicted octanol–water partition coefficient (Wildman–Crippen LogP) is 12.4. The van der Waals surface area contributed by atoms with E-state index in [2.05, 4.69) is 215 Å². The van der Waals surface area contributed by atoms with Gasteiger partial charge in [-0.1, -0.05) is 115 Å². The number of hydrogen-bond acceptors (Lipinski definition) is 5. The number of rotatable bonds is 9. The first-order valence-electron chi connectivity index (χ1n) is 19.1. The maximum atomic E-state index is 4.50. The van der Waals surface area contributed by atoms with Gasteiger partial charge in [-0.3, -0.25) is 4.98 Å². The molecular weight excluding hydrogens is 683 g/mol. The van der Waals surface area contributed by atoms with Gasteiger partial charge in [0.2, 0.25) is 0 Å². The first-order valence-corrected chi connectivity index (χ1v) is 19.1. The molecule has 0 aliphatic carbocycles. The van der Waals surface area contributed by atoms with E-state index in [-0.39, 0.29) is 0 Å². The Balaban J connectivity index is 0.962. The first-order chi connectivity index (χ1) is 27.5. The van der Waals surface area contributed by atoms with Crippen LogP contribution in [0.25, 0.3) is 47.7 Å². The van der Waals surface area contributed by atoms with Gasteiger partial charge in [-0.2, -0.15) is 0 Å². The van der Waals surface area contributed by atoms with Crippen LogP contribution in [0.5, 0.6) is 0 Å². The minimum Gasteiger partial charge on any atom is -0.355 e. The zero-order valence-electron chi connectivity index (χ0n) is 31.7. The lowest BCUT2D eigenvalue weighted by Gasteiger charge is -2.19. The molecule has 0 saturated carbocycles. The highest BCUT2D eigenvalue weighted by Crippen LogP contribution is 2.40. The molecule has 1 aromatic heterocycles. The Bertz CT molecular complexity index is 2420. The molecule has 272 valence electrons. The van der Waals surface area contributed by atoms with Crippen molar-refractivity contribution in [3.05, 3.63) is 197 Å². The molecule has 0 saturated heterocycles. The van der Waals surface area contributed by atoms with E-state index in [0.717, 1.165) is 58.0 Å². The van der Waals surface area contributed by atoms with Crippen LogP contribution in [0, 0.1) is 0 Å². The first kappa shape index (κ1) is 34.6. The van der Waals surface area contributed by atoms with Crippen LogP contribution in [0.2, 0.25) is 0 Å². The average molecular weight is 726 g/mol. The Morgan fingerprint density at radius 1 is 0.393 bits per heavy atom. The molecule has 3 heterocycles. The number of para-hydroxylation sites is 4. The summed E-state index contributed by atoms with van der Waals surface area (Å²) in [6.45, 7) is 1.68. The normalized spacial score (nSPS) is 13.8. The summed E-state index contributed by atoms with van der Waals surface area (Å²) in [7, 11) is 4.29. The van der Waals surface area contributed by atoms with E-state index < -0.39 is 0 Å². The fourth-order valence-corrected chi connectivity index (χ4v) is 7.60. The zero-order valence-corrected chi connectivity index (χ0v) is 31.7. The Labute approximate surface area is 330 Å². The SMILES string of the molecule is CN1CN(c2ccc(C=Cc3cc(/C=C\c4ccc(-c5ccccn5)cc4)cc(/C=C\c4ccc(N5CN(C)c6ccccc65)cc4)c3)cc2)c2ccccc21. The van der Waals surface area contributed by atoms with E-state index in [4.69, 9.17) is 0 Å². The third-order valence-electron chi connectivity index (χ3n) is 10.6. The van der Waals surface area contributed by atoms with E-state index >= 15 is 0 Å². The van der Waals surface area contributed by atoms with Crippen LogP contribution in [0.15, 0.2) is 164 Å². The summed E-state index contributed by atoms with van der Waals surface area (Å²) in [5, 5.41) is 0. The number of anilines is 6. The van der Waals surface area contributed by atoms with Crippen molar-refractivity contribution in [3.63, 3.8) is 0 Å². The molecule has 6 aromatic carbocycles. The lowest BCUT2D eigenvalue weighted by atomic mass is 10.0. The summed E-state index contributed by atoms with van der Waals surface area (Å²) in [5.41, 5.74) is 16.4. The van der Waals surface area contributed by atoms with Crippen molar-refractivity contribution in [2.45, 2.75) is 0 Å². The van der Waals surface area contributed by atoms with Crippen LogP contribution in [-0.4, -0.2) is 32.4 Å². The van der Waals surface area contributed by atoms with E-state index in [1.807, 2.05) is 24.4 Å². The van der Waals surface area contributed by atoms with Crippen molar-refractivity contribution in [2.24, 2.45) is 0 Å². The van der Waals surface area contributed by atoms with Crippen LogP contribution in [0.1, 0.15) is 33.4 Å². The second-order valence-electron chi connectivity index (χ2n) is 14.5. The van der Waals surface area contributed by atoms with Crippen molar-refractivity contribution >= 4 is 70.6 Å². The highest BCUT2D eigenvalue weighted by atomic mass is 15.4. The summed E-state index contributed by atoms with van der Waals surface area (Å²) in [6.07, 6.45) is 15.0. The van der Waals surface area contributed by atoms with Gasteiger partial charge in [0.05, 0.1) is 41.8 Å². The van der Waals surface area contributed by atoms with Crippen LogP contribution in [0.3, 0.4) is 0 Å². The molecule has 0 bridgehead atoms. The average Bonchev–Trinajstić information content (AvgIpc) is 3.78. The number of pyridine rings is 1. The van der Waals surface area contributed by atoms with Crippen molar-refractivity contribution in [1.29, 1.82) is 0 Å². The molecule has 0 spiro atoms. The monoisotopic (exact) mass is 725 g/mol. The van der Waals surface area contributed by atoms with E-state index in [9.17, 15) is 0 Å². The van der Waals surface area contributed by atoms with E-state index in [1.165, 1.54) is 34.1 Å². The molecule has 0 fully saturated rings. The van der Waals surface area contributed by atoms with Crippen molar-refractivity contribution in [1.82, 2.24) is 4.98 Å². The summed E-state index contributed by atoms with van der Waals surface area (Å²) >= 11 is 0. The van der Waals surface area contributed by atoms with Crippen molar-refractivity contribution in [3.8, 4) is 11.3 Å². The van der Waals surface area contributed by atoms with Gasteiger partial charge in [-0.25, -0.2) is 0 Å². The predicted molar refractivity (Wildman–Crippen MR) is 239 cm³/mol. The Morgan fingerprint density at radius 2 is 0.768 bits per heavy atom. The third kappa shape index (κ3) is 7.35. The molecule has 2 aliphatic rings. The fraction of sp³-hybridized carbons (Fsp3) is 0.0784. The molecule has 0 radical (unpaired) electrons. The second-order valence-corrected chi connectivity index (χ2v) is 14.5. The van der Waals surface area contributed by atoms with Crippen LogP contribution in [0.4, 0.5) is 34.1 Å². The summed E-state index contributed by atoms with van der Waals surface area (Å²) < 4.78 is 0. The van der Waals surface area contributed by atoms with Crippen LogP contribution in [-0.2, 0) is 0 Å². The van der Waals surface area contributed by atoms with E-state index in [1.54, 1.807) is 0 Å². The zero-order chi connectivity index (χ0) is 37.8. The van der Waals surface area contributed by atoms with Gasteiger partial charge in [-0.15, -0.1) is 0 Å². The molecule has 5 heteroatoms. The van der Waals surface area contributed by atoms with Gasteiger partial charge in [0.15, 0.2) is 0 Å². The Morgan fingerprint density at radius 3 is 1.18 bits per heavy atom. The lowest BCUT2D eigenvalue weighted by Crippen LogP contribution is -2.23. The Hall–Kier alpha value is -7.11. The van der Waals surface area contributed by atoms with Gasteiger partial charge >= 0.3 is 0 Å². The Kier molecular flexibility index (Phi) is 9.48. The molecule has 56 heavy (non-hydrogen) atoms. The maximum Gasteiger partial charge on any atom is 0.0950 e. The number of aromatic nitrogens is 1. The molecule has 0 N–H and O–H groups in total. The van der Waals surface area contributed by atoms with E-state index in [0.29, 0.717) is 0 Å². The largest absolute Gasteiger partial charge is 0.355 e. The molecule has 0 atom stereocenters. The van der Waals surface area contributed by atoms with Gasteiger partial charge < -0.3 is 19.6 Å². The van der Waals surface area contributed by atoms with Crippen molar-refractivity contribution in [2.75, 3.05) is 47.0 Å². The number of fused-ring (bicyclic) bond motifs is 2. The van der Waals surface area contributed by atoms with Gasteiger partial charge in [0.25, 0.3) is 0 Å². The molecule has 9 rings (SSSR count). The van der Waals surface area contributed by atoms with Crippen LogP contribution >= 0.6 is 0 Å². The lowest BCUT2D eigenvalue weighted by molar-refractivity contribution is 0.950. The molecule has 0 unspecified atom stereocenters. The molecule has 2 aliphatic heterocycles. The maximum absolute atomic E-state index is 4.50. The summed E-state index contributed by atoms with van der Waals surface area (Å²) in [6, 6.07) is 56.2. The highest BCUT2D eigenvalue weighted by molar-refractivity contribution is 5.85. The smallest absolute Gasteiger partial charge is 0.0950 e. The number of hydrogen-bond donors (Lipinski definition) is 0.